The third kappa shape index (κ3) is 2.60. The molecule has 3 rings (SSSR count). The van der Waals surface area contributed by atoms with Crippen LogP contribution in [0.3, 0.4) is 0 Å². The SMILES string of the molecule is Cc1cc(C)c(NC(=O)C2([P+]3(C)CCCCC3)CC2)c(C)c1. The van der Waals surface area contributed by atoms with Gasteiger partial charge in [-0.15, -0.1) is 0 Å². The molecule has 0 radical (unpaired) electrons. The van der Waals surface area contributed by atoms with Crippen molar-refractivity contribution >= 4 is 18.9 Å². The number of amides is 1. The Hall–Kier alpha value is -0.880. The first kappa shape index (κ1) is 16.0. The maximum Gasteiger partial charge on any atom is 0.268 e. The van der Waals surface area contributed by atoms with Gasteiger partial charge in [-0.25, -0.2) is 0 Å². The summed E-state index contributed by atoms with van der Waals surface area (Å²) >= 11 is 0. The Balaban J connectivity index is 1.83. The molecule has 2 aliphatic rings. The van der Waals surface area contributed by atoms with E-state index in [0.29, 0.717) is 5.91 Å². The van der Waals surface area contributed by atoms with E-state index in [2.05, 4.69) is 44.9 Å². The van der Waals surface area contributed by atoms with E-state index in [4.69, 9.17) is 0 Å². The van der Waals surface area contributed by atoms with E-state index in [1.54, 1.807) is 0 Å². The molecule has 1 saturated carbocycles. The lowest BCUT2D eigenvalue weighted by molar-refractivity contribution is -0.116. The molecule has 1 amide bonds. The van der Waals surface area contributed by atoms with E-state index < -0.39 is 7.26 Å². The first-order valence-electron chi connectivity index (χ1n) is 8.62. The minimum absolute atomic E-state index is 0.0111. The van der Waals surface area contributed by atoms with Crippen molar-refractivity contribution in [2.24, 2.45) is 0 Å². The van der Waals surface area contributed by atoms with Crippen LogP contribution in [0.5, 0.6) is 0 Å². The standard InChI is InChI=1S/C19H28NOP/c1-14-12-15(2)17(16(3)13-14)20-18(21)19(8-9-19)22(4)10-6-5-7-11-22/h12-13H,5-11H2,1-4H3/p+1. The largest absolute Gasteiger partial charge is 0.322 e. The Morgan fingerprint density at radius 3 is 2.09 bits per heavy atom. The molecule has 0 spiro atoms. The maximum atomic E-state index is 13.1. The monoisotopic (exact) mass is 318 g/mol. The van der Waals surface area contributed by atoms with Crippen molar-refractivity contribution in [3.05, 3.63) is 28.8 Å². The number of aryl methyl sites for hydroxylation is 3. The van der Waals surface area contributed by atoms with Crippen molar-refractivity contribution in [3.8, 4) is 0 Å². The quantitative estimate of drug-likeness (QED) is 0.788. The van der Waals surface area contributed by atoms with Gasteiger partial charge in [-0.1, -0.05) is 17.7 Å². The van der Waals surface area contributed by atoms with Crippen molar-refractivity contribution < 1.29 is 4.79 Å². The normalized spacial score (nSPS) is 22.2. The van der Waals surface area contributed by atoms with E-state index in [-0.39, 0.29) is 5.16 Å². The van der Waals surface area contributed by atoms with E-state index in [9.17, 15) is 4.79 Å². The van der Waals surface area contributed by atoms with Gasteiger partial charge < -0.3 is 5.32 Å². The number of hydrogen-bond acceptors (Lipinski definition) is 1. The molecule has 1 N–H and O–H groups in total. The van der Waals surface area contributed by atoms with Crippen molar-refractivity contribution in [2.45, 2.75) is 58.0 Å². The van der Waals surface area contributed by atoms with Crippen LogP contribution in [0.25, 0.3) is 0 Å². The molecule has 22 heavy (non-hydrogen) atoms. The van der Waals surface area contributed by atoms with Crippen LogP contribution in [-0.2, 0) is 4.79 Å². The predicted octanol–water partition coefficient (Wildman–Crippen LogP) is 4.91. The Labute approximate surface area is 135 Å². The van der Waals surface area contributed by atoms with Crippen LogP contribution in [0.4, 0.5) is 5.69 Å². The number of rotatable bonds is 3. The summed E-state index contributed by atoms with van der Waals surface area (Å²) in [5.74, 6) is 0.320. The highest BCUT2D eigenvalue weighted by Crippen LogP contribution is 2.77. The summed E-state index contributed by atoms with van der Waals surface area (Å²) in [7, 11) is -1.10. The molecule has 0 atom stereocenters. The summed E-state index contributed by atoms with van der Waals surface area (Å²) < 4.78 is 0. The Morgan fingerprint density at radius 1 is 1.05 bits per heavy atom. The van der Waals surface area contributed by atoms with Crippen LogP contribution in [0, 0.1) is 20.8 Å². The first-order chi connectivity index (χ1) is 10.4. The fourth-order valence-corrected chi connectivity index (χ4v) is 9.04. The Morgan fingerprint density at radius 2 is 1.59 bits per heavy atom. The number of benzene rings is 1. The molecule has 1 saturated heterocycles. The molecular formula is C19H29NOP+. The van der Waals surface area contributed by atoms with Gasteiger partial charge in [-0.3, -0.25) is 4.79 Å². The molecule has 3 heteroatoms. The molecule has 0 aromatic heterocycles. The molecule has 2 nitrogen and oxygen atoms in total. The first-order valence-corrected chi connectivity index (χ1v) is 11.2. The van der Waals surface area contributed by atoms with Gasteiger partial charge in [0.05, 0.1) is 12.3 Å². The second-order valence-electron chi connectivity index (χ2n) is 7.66. The van der Waals surface area contributed by atoms with Gasteiger partial charge >= 0.3 is 0 Å². The highest BCUT2D eigenvalue weighted by molar-refractivity contribution is 7.78. The average Bonchev–Trinajstić information content (AvgIpc) is 3.25. The fourth-order valence-electron chi connectivity index (χ4n) is 4.38. The summed E-state index contributed by atoms with van der Waals surface area (Å²) in [6.45, 7) is 8.79. The van der Waals surface area contributed by atoms with E-state index in [1.807, 2.05) is 0 Å². The summed E-state index contributed by atoms with van der Waals surface area (Å²) in [5, 5.41) is 3.33. The smallest absolute Gasteiger partial charge is 0.268 e. The molecule has 1 heterocycles. The number of carbonyl (C=O) groups is 1. The van der Waals surface area contributed by atoms with Crippen LogP contribution in [0.15, 0.2) is 12.1 Å². The molecule has 0 bridgehead atoms. The fraction of sp³-hybridized carbons (Fsp3) is 0.632. The van der Waals surface area contributed by atoms with Crippen LogP contribution < -0.4 is 5.32 Å². The minimum atomic E-state index is -1.10. The van der Waals surface area contributed by atoms with Gasteiger partial charge in [0.25, 0.3) is 5.91 Å². The lowest BCUT2D eigenvalue weighted by Gasteiger charge is -2.34. The molecule has 0 unspecified atom stereocenters. The summed E-state index contributed by atoms with van der Waals surface area (Å²) in [6, 6.07) is 4.33. The van der Waals surface area contributed by atoms with Gasteiger partial charge in [0.2, 0.25) is 0 Å². The van der Waals surface area contributed by atoms with Crippen LogP contribution >= 0.6 is 7.26 Å². The molecule has 1 aliphatic carbocycles. The zero-order valence-electron chi connectivity index (χ0n) is 14.5. The maximum absolute atomic E-state index is 13.1. The van der Waals surface area contributed by atoms with E-state index in [0.717, 1.165) is 18.5 Å². The third-order valence-corrected chi connectivity index (χ3v) is 11.2. The second-order valence-corrected chi connectivity index (χ2v) is 12.2. The Kier molecular flexibility index (Phi) is 4.10. The summed E-state index contributed by atoms with van der Waals surface area (Å²) in [4.78, 5) is 13.1. The number of anilines is 1. The minimum Gasteiger partial charge on any atom is -0.322 e. The molecule has 1 aromatic carbocycles. The number of hydrogen-bond donors (Lipinski definition) is 1. The number of carbonyl (C=O) groups excluding carboxylic acids is 1. The highest BCUT2D eigenvalue weighted by atomic mass is 31.2. The zero-order valence-corrected chi connectivity index (χ0v) is 15.4. The number of nitrogens with one attached hydrogen (secondary N) is 1. The second kappa shape index (κ2) is 5.64. The zero-order chi connectivity index (χ0) is 16.0. The molecular weight excluding hydrogens is 289 g/mol. The topological polar surface area (TPSA) is 29.1 Å². The van der Waals surface area contributed by atoms with Gasteiger partial charge in [-0.05, 0) is 51.2 Å². The van der Waals surface area contributed by atoms with Gasteiger partial charge in [0.15, 0.2) is 5.16 Å². The average molecular weight is 318 g/mol. The van der Waals surface area contributed by atoms with Crippen LogP contribution in [-0.4, -0.2) is 30.1 Å². The predicted molar refractivity (Wildman–Crippen MR) is 97.7 cm³/mol. The third-order valence-electron chi connectivity index (χ3n) is 5.90. The lowest BCUT2D eigenvalue weighted by Crippen LogP contribution is -2.35. The molecule has 1 aliphatic heterocycles. The van der Waals surface area contributed by atoms with Gasteiger partial charge in [0, 0.05) is 32.5 Å². The summed E-state index contributed by atoms with van der Waals surface area (Å²) in [5.41, 5.74) is 4.69. The van der Waals surface area contributed by atoms with Crippen LogP contribution in [0.1, 0.15) is 48.8 Å². The molecule has 2 fully saturated rings. The van der Waals surface area contributed by atoms with E-state index in [1.165, 1.54) is 48.3 Å². The van der Waals surface area contributed by atoms with Crippen molar-refractivity contribution in [1.82, 2.24) is 0 Å². The van der Waals surface area contributed by atoms with Crippen molar-refractivity contribution in [2.75, 3.05) is 24.3 Å². The van der Waals surface area contributed by atoms with Crippen LogP contribution in [0.2, 0.25) is 0 Å². The lowest BCUT2D eigenvalue weighted by atomic mass is 10.0. The highest BCUT2D eigenvalue weighted by Gasteiger charge is 2.68. The summed E-state index contributed by atoms with van der Waals surface area (Å²) in [6.07, 6.45) is 8.92. The molecule has 1 aromatic rings. The van der Waals surface area contributed by atoms with Crippen molar-refractivity contribution in [3.63, 3.8) is 0 Å². The molecule has 120 valence electrons. The van der Waals surface area contributed by atoms with Crippen molar-refractivity contribution in [1.29, 1.82) is 0 Å². The Bertz CT molecular complexity index is 574. The van der Waals surface area contributed by atoms with Gasteiger partial charge in [-0.2, -0.15) is 0 Å². The van der Waals surface area contributed by atoms with Gasteiger partial charge in [0.1, 0.15) is 0 Å². The van der Waals surface area contributed by atoms with E-state index >= 15 is 0 Å².